The molecule has 0 aromatic carbocycles. The molecule has 0 aliphatic heterocycles. The van der Waals surface area contributed by atoms with Gasteiger partial charge in [-0.3, -0.25) is 4.79 Å². The van der Waals surface area contributed by atoms with E-state index in [1.165, 1.54) is 12.8 Å². The van der Waals surface area contributed by atoms with Crippen LogP contribution in [0.5, 0.6) is 0 Å². The van der Waals surface area contributed by atoms with Crippen molar-refractivity contribution in [3.05, 3.63) is 36.0 Å². The first-order valence-electron chi connectivity index (χ1n) is 10.4. The summed E-state index contributed by atoms with van der Waals surface area (Å²) in [5, 5.41) is 10.4. The van der Waals surface area contributed by atoms with Gasteiger partial charge in [-0.15, -0.1) is 0 Å². The van der Waals surface area contributed by atoms with Crippen LogP contribution in [0.3, 0.4) is 0 Å². The fraction of sp³-hybridized carbons (Fsp3) is 0.696. The molecule has 2 rings (SSSR count). The van der Waals surface area contributed by atoms with Gasteiger partial charge in [0.15, 0.2) is 0 Å². The summed E-state index contributed by atoms with van der Waals surface area (Å²) in [6.45, 7) is 2.21. The van der Waals surface area contributed by atoms with Gasteiger partial charge in [0, 0.05) is 26.4 Å². The van der Waals surface area contributed by atoms with E-state index in [9.17, 15) is 9.90 Å². The summed E-state index contributed by atoms with van der Waals surface area (Å²) < 4.78 is 0. The molecule has 0 unspecified atom stereocenters. The molecule has 26 heavy (non-hydrogen) atoms. The van der Waals surface area contributed by atoms with E-state index in [0.717, 1.165) is 38.5 Å². The first-order chi connectivity index (χ1) is 12.5. The van der Waals surface area contributed by atoms with E-state index in [1.807, 2.05) is 14.1 Å². The van der Waals surface area contributed by atoms with Crippen molar-refractivity contribution in [3.63, 3.8) is 0 Å². The van der Waals surface area contributed by atoms with Gasteiger partial charge in [0.1, 0.15) is 0 Å². The maximum atomic E-state index is 11.6. The molecule has 0 aromatic heterocycles. The Balaban J connectivity index is 1.75. The van der Waals surface area contributed by atoms with Crippen molar-refractivity contribution in [1.29, 1.82) is 0 Å². The summed E-state index contributed by atoms with van der Waals surface area (Å²) in [7, 11) is 3.64. The van der Waals surface area contributed by atoms with Gasteiger partial charge in [0.2, 0.25) is 5.91 Å². The van der Waals surface area contributed by atoms with E-state index >= 15 is 0 Å². The summed E-state index contributed by atoms with van der Waals surface area (Å²) >= 11 is 0. The summed E-state index contributed by atoms with van der Waals surface area (Å²) in [6, 6.07) is 0. The van der Waals surface area contributed by atoms with Crippen molar-refractivity contribution in [3.8, 4) is 0 Å². The average molecular weight is 360 g/mol. The Hall–Kier alpha value is -1.35. The van der Waals surface area contributed by atoms with Gasteiger partial charge in [-0.25, -0.2) is 0 Å². The Morgan fingerprint density at radius 1 is 1.27 bits per heavy atom. The van der Waals surface area contributed by atoms with Crippen LogP contribution in [0.1, 0.15) is 64.7 Å². The van der Waals surface area contributed by atoms with Gasteiger partial charge in [-0.1, -0.05) is 55.7 Å². The molecule has 3 heteroatoms. The molecule has 1 amide bonds. The lowest BCUT2D eigenvalue weighted by molar-refractivity contribution is -0.128. The molecule has 0 radical (unpaired) electrons. The van der Waals surface area contributed by atoms with Gasteiger partial charge in [0.05, 0.1) is 6.10 Å². The van der Waals surface area contributed by atoms with Crippen molar-refractivity contribution in [2.45, 2.75) is 70.8 Å². The van der Waals surface area contributed by atoms with E-state index in [2.05, 4.69) is 37.3 Å². The Kier molecular flexibility index (Phi) is 8.64. The monoisotopic (exact) mass is 359 g/mol. The Morgan fingerprint density at radius 2 is 2.08 bits per heavy atom. The maximum absolute atomic E-state index is 11.6. The smallest absolute Gasteiger partial charge is 0.222 e. The van der Waals surface area contributed by atoms with Crippen molar-refractivity contribution in [1.82, 2.24) is 4.90 Å². The number of hydrogen-bond acceptors (Lipinski definition) is 2. The molecule has 0 spiro atoms. The summed E-state index contributed by atoms with van der Waals surface area (Å²) in [5.41, 5.74) is 1.54. The van der Waals surface area contributed by atoms with Crippen LogP contribution < -0.4 is 0 Å². The summed E-state index contributed by atoms with van der Waals surface area (Å²) in [4.78, 5) is 13.3. The molecule has 0 heterocycles. The standard InChI is InChI=1S/C23H37NO2/c1-4-5-6-7-8-9-13-20-21-16-18(15-19(21)17-22(20)25)12-10-11-14-23(26)24(2)3/h7-9,13,15,19-22,25H,4-6,10-12,14,16-17H2,1-3H3/b8-7+,13-9+/t19-,20+,21-,22+/m0/s1. The van der Waals surface area contributed by atoms with E-state index < -0.39 is 0 Å². The quantitative estimate of drug-likeness (QED) is 0.343. The highest BCUT2D eigenvalue weighted by molar-refractivity contribution is 5.75. The van der Waals surface area contributed by atoms with Gasteiger partial charge < -0.3 is 10.0 Å². The van der Waals surface area contributed by atoms with Crippen LogP contribution in [0, 0.1) is 17.8 Å². The van der Waals surface area contributed by atoms with Crippen LogP contribution in [0.25, 0.3) is 0 Å². The lowest BCUT2D eigenvalue weighted by atomic mass is 9.89. The molecule has 2 aliphatic rings. The van der Waals surface area contributed by atoms with Crippen molar-refractivity contribution in [2.24, 2.45) is 17.8 Å². The second-order valence-corrected chi connectivity index (χ2v) is 8.19. The molecule has 3 nitrogen and oxygen atoms in total. The summed E-state index contributed by atoms with van der Waals surface area (Å²) in [6.07, 6.45) is 20.4. The molecule has 146 valence electrons. The maximum Gasteiger partial charge on any atom is 0.222 e. The van der Waals surface area contributed by atoms with Crippen LogP contribution in [-0.2, 0) is 4.79 Å². The third-order valence-electron chi connectivity index (χ3n) is 5.89. The summed E-state index contributed by atoms with van der Waals surface area (Å²) in [5.74, 6) is 1.63. The minimum absolute atomic E-state index is 0.194. The van der Waals surface area contributed by atoms with Crippen LogP contribution in [0.2, 0.25) is 0 Å². The van der Waals surface area contributed by atoms with Crippen LogP contribution in [0.15, 0.2) is 36.0 Å². The Bertz CT molecular complexity index is 532. The fourth-order valence-electron chi connectivity index (χ4n) is 4.33. The normalized spacial score (nSPS) is 28.1. The second-order valence-electron chi connectivity index (χ2n) is 8.19. The number of allylic oxidation sites excluding steroid dienone is 5. The number of hydrogen-bond donors (Lipinski definition) is 1. The zero-order valence-electron chi connectivity index (χ0n) is 16.9. The van der Waals surface area contributed by atoms with E-state index in [4.69, 9.17) is 0 Å². The number of carbonyl (C=O) groups is 1. The van der Waals surface area contributed by atoms with Gasteiger partial charge in [-0.05, 0) is 50.4 Å². The third-order valence-corrected chi connectivity index (χ3v) is 5.89. The molecule has 1 N–H and O–H groups in total. The molecule has 1 saturated carbocycles. The third kappa shape index (κ3) is 6.12. The number of aliphatic hydroxyl groups excluding tert-OH is 1. The molecular formula is C23H37NO2. The lowest BCUT2D eigenvalue weighted by Gasteiger charge is -2.18. The first-order valence-corrected chi connectivity index (χ1v) is 10.4. The number of carbonyl (C=O) groups excluding carboxylic acids is 1. The Morgan fingerprint density at radius 3 is 2.81 bits per heavy atom. The number of nitrogens with zero attached hydrogens (tertiary/aromatic N) is 1. The van der Waals surface area contributed by atoms with Crippen LogP contribution in [0.4, 0.5) is 0 Å². The fourth-order valence-corrected chi connectivity index (χ4v) is 4.33. The predicted molar refractivity (Wildman–Crippen MR) is 109 cm³/mol. The molecule has 0 bridgehead atoms. The van der Waals surface area contributed by atoms with Gasteiger partial charge in [0.25, 0.3) is 0 Å². The highest BCUT2D eigenvalue weighted by Gasteiger charge is 2.42. The number of rotatable bonds is 10. The van der Waals surface area contributed by atoms with E-state index in [1.54, 1.807) is 10.5 Å². The van der Waals surface area contributed by atoms with Crippen molar-refractivity contribution < 1.29 is 9.90 Å². The zero-order valence-corrected chi connectivity index (χ0v) is 16.9. The zero-order chi connectivity index (χ0) is 18.9. The number of fused-ring (bicyclic) bond motifs is 1. The average Bonchev–Trinajstić information content (AvgIpc) is 3.11. The highest BCUT2D eigenvalue weighted by atomic mass is 16.3. The number of amides is 1. The predicted octanol–water partition coefficient (Wildman–Crippen LogP) is 4.88. The largest absolute Gasteiger partial charge is 0.392 e. The molecule has 1 fully saturated rings. The lowest BCUT2D eigenvalue weighted by Crippen LogP contribution is -2.21. The first kappa shape index (κ1) is 21.0. The number of aliphatic hydroxyl groups is 1. The molecular weight excluding hydrogens is 322 g/mol. The van der Waals surface area contributed by atoms with Gasteiger partial charge in [-0.2, -0.15) is 0 Å². The van der Waals surface area contributed by atoms with Crippen LogP contribution in [-0.4, -0.2) is 36.1 Å². The highest BCUT2D eigenvalue weighted by Crippen LogP contribution is 2.48. The van der Waals surface area contributed by atoms with Crippen LogP contribution >= 0.6 is 0 Å². The number of unbranched alkanes of at least 4 members (excludes halogenated alkanes) is 3. The minimum Gasteiger partial charge on any atom is -0.392 e. The molecule has 0 aromatic rings. The second kappa shape index (κ2) is 10.7. The molecule has 4 atom stereocenters. The Labute approximate surface area is 159 Å². The minimum atomic E-state index is -0.194. The molecule has 0 saturated heterocycles. The van der Waals surface area contributed by atoms with E-state index in [0.29, 0.717) is 24.2 Å². The van der Waals surface area contributed by atoms with E-state index in [-0.39, 0.29) is 12.0 Å². The van der Waals surface area contributed by atoms with Gasteiger partial charge >= 0.3 is 0 Å². The van der Waals surface area contributed by atoms with Crippen molar-refractivity contribution >= 4 is 5.91 Å². The van der Waals surface area contributed by atoms with Crippen molar-refractivity contribution in [2.75, 3.05) is 14.1 Å². The topological polar surface area (TPSA) is 40.5 Å². The molecule has 2 aliphatic carbocycles. The SMILES string of the molecule is CCCC/C=C/C=C/[C@@H]1[C@H]2CC(CCCCC(=O)N(C)C)=C[C@H]2C[C@H]1O.